The van der Waals surface area contributed by atoms with Crippen molar-refractivity contribution in [3.63, 3.8) is 0 Å². The van der Waals surface area contributed by atoms with Crippen molar-refractivity contribution in [1.29, 1.82) is 0 Å². The molecular weight excluding hydrogens is 350 g/mol. The zero-order valence-electron chi connectivity index (χ0n) is 14.3. The van der Waals surface area contributed by atoms with Gasteiger partial charge in [-0.05, 0) is 43.4 Å². The van der Waals surface area contributed by atoms with Crippen molar-refractivity contribution in [1.82, 2.24) is 10.1 Å². The number of hydrogen-bond donors (Lipinski definition) is 2. The molecule has 0 aliphatic heterocycles. The molecule has 7 heteroatoms. The van der Waals surface area contributed by atoms with Gasteiger partial charge in [-0.25, -0.2) is 18.6 Å². The van der Waals surface area contributed by atoms with Crippen LogP contribution in [-0.2, 0) is 21.2 Å². The lowest BCUT2D eigenvalue weighted by Crippen LogP contribution is -2.35. The van der Waals surface area contributed by atoms with E-state index in [4.69, 9.17) is 0 Å². The monoisotopic (exact) mass is 371 g/mol. The molecule has 1 amide bonds. The van der Waals surface area contributed by atoms with Crippen molar-refractivity contribution in [3.8, 4) is 0 Å². The van der Waals surface area contributed by atoms with E-state index in [1.165, 1.54) is 17.7 Å². The lowest BCUT2D eigenvalue weighted by molar-refractivity contribution is -0.119. The molecule has 136 valence electrons. The first-order valence-corrected chi connectivity index (χ1v) is 10.0. The Morgan fingerprint density at radius 1 is 0.962 bits per heavy atom. The van der Waals surface area contributed by atoms with E-state index in [9.17, 15) is 13.2 Å². The number of hydrogen-bond acceptors (Lipinski definition) is 4. The number of amides is 1. The summed E-state index contributed by atoms with van der Waals surface area (Å²) in [5.41, 5.74) is 5.57. The van der Waals surface area contributed by atoms with Crippen molar-refractivity contribution >= 4 is 21.6 Å². The van der Waals surface area contributed by atoms with Gasteiger partial charge in [0.15, 0.2) is 0 Å². The van der Waals surface area contributed by atoms with Gasteiger partial charge in [0, 0.05) is 5.56 Å². The molecule has 0 atom stereocenters. The first-order chi connectivity index (χ1) is 12.6. The van der Waals surface area contributed by atoms with E-state index in [-0.39, 0.29) is 11.4 Å². The Morgan fingerprint density at radius 3 is 2.46 bits per heavy atom. The van der Waals surface area contributed by atoms with Crippen molar-refractivity contribution in [3.05, 3.63) is 65.7 Å². The molecule has 0 radical (unpaired) electrons. The van der Waals surface area contributed by atoms with Crippen LogP contribution >= 0.6 is 0 Å². The molecule has 0 saturated heterocycles. The minimum atomic E-state index is -3.71. The smallest absolute Gasteiger partial charge is 0.255 e. The normalized spacial score (nSPS) is 15.9. The maximum Gasteiger partial charge on any atom is 0.255 e. The predicted octanol–water partition coefficient (Wildman–Crippen LogP) is 2.21. The number of nitrogens with one attached hydrogen (secondary N) is 2. The third kappa shape index (κ3) is 4.56. The van der Waals surface area contributed by atoms with Crippen LogP contribution in [0.1, 0.15) is 30.4 Å². The quantitative estimate of drug-likeness (QED) is 0.624. The summed E-state index contributed by atoms with van der Waals surface area (Å²) in [4.78, 5) is 12.1. The van der Waals surface area contributed by atoms with E-state index in [2.05, 4.69) is 21.3 Å². The number of carbonyl (C=O) groups excluding carboxylic acids is 1. The molecule has 0 saturated carbocycles. The van der Waals surface area contributed by atoms with Gasteiger partial charge in [0.1, 0.15) is 0 Å². The molecule has 26 heavy (non-hydrogen) atoms. The van der Waals surface area contributed by atoms with Crippen LogP contribution in [0.3, 0.4) is 0 Å². The zero-order chi connectivity index (χ0) is 18.4. The van der Waals surface area contributed by atoms with Crippen molar-refractivity contribution < 1.29 is 13.2 Å². The maximum atomic E-state index is 12.1. The fraction of sp³-hybridized carbons (Fsp3) is 0.263. The maximum absolute atomic E-state index is 12.1. The summed E-state index contributed by atoms with van der Waals surface area (Å²) >= 11 is 0. The number of nitrogens with zero attached hydrogens (tertiary/aromatic N) is 1. The van der Waals surface area contributed by atoms with E-state index >= 15 is 0 Å². The summed E-state index contributed by atoms with van der Waals surface area (Å²) in [7, 11) is -3.71. The summed E-state index contributed by atoms with van der Waals surface area (Å²) in [6, 6.07) is 16.0. The van der Waals surface area contributed by atoms with E-state index in [0.717, 1.165) is 37.0 Å². The van der Waals surface area contributed by atoms with Crippen molar-refractivity contribution in [2.75, 3.05) is 6.54 Å². The van der Waals surface area contributed by atoms with Gasteiger partial charge in [0.25, 0.3) is 5.91 Å². The van der Waals surface area contributed by atoms with E-state index in [0.29, 0.717) is 0 Å². The molecule has 2 aromatic rings. The number of rotatable bonds is 5. The molecule has 0 aromatic heterocycles. The van der Waals surface area contributed by atoms with Crippen LogP contribution in [0.4, 0.5) is 0 Å². The van der Waals surface area contributed by atoms with E-state index < -0.39 is 15.9 Å². The molecule has 0 fully saturated rings. The van der Waals surface area contributed by atoms with E-state index in [1.807, 2.05) is 18.2 Å². The second-order valence-corrected chi connectivity index (χ2v) is 7.86. The molecule has 0 heterocycles. The van der Waals surface area contributed by atoms with Gasteiger partial charge in [0.05, 0.1) is 17.2 Å². The first kappa shape index (κ1) is 18.3. The number of benzene rings is 2. The summed E-state index contributed by atoms with van der Waals surface area (Å²) in [5.74, 6) is -0.501. The third-order valence-electron chi connectivity index (χ3n) is 4.23. The minimum Gasteiger partial charge on any atom is -0.272 e. The number of fused-ring (bicyclic) bond motifs is 1. The summed E-state index contributed by atoms with van der Waals surface area (Å²) in [5, 5.41) is 4.24. The number of sulfonamides is 1. The zero-order valence-corrected chi connectivity index (χ0v) is 15.1. The second-order valence-electron chi connectivity index (χ2n) is 6.10. The van der Waals surface area contributed by atoms with Gasteiger partial charge in [-0.3, -0.25) is 4.79 Å². The summed E-state index contributed by atoms with van der Waals surface area (Å²) < 4.78 is 26.5. The fourth-order valence-electron chi connectivity index (χ4n) is 2.89. The molecule has 2 aromatic carbocycles. The van der Waals surface area contributed by atoms with Crippen LogP contribution in [0.25, 0.3) is 0 Å². The predicted molar refractivity (Wildman–Crippen MR) is 100 cm³/mol. The number of aryl methyl sites for hydroxylation is 1. The highest BCUT2D eigenvalue weighted by atomic mass is 32.2. The van der Waals surface area contributed by atoms with E-state index in [1.54, 1.807) is 18.2 Å². The molecule has 3 rings (SSSR count). The molecular formula is C19H21N3O3S. The molecule has 0 unspecified atom stereocenters. The average molecular weight is 371 g/mol. The highest BCUT2D eigenvalue weighted by Crippen LogP contribution is 2.20. The molecule has 0 bridgehead atoms. The third-order valence-corrected chi connectivity index (χ3v) is 5.65. The van der Waals surface area contributed by atoms with Crippen LogP contribution in [-0.4, -0.2) is 26.6 Å². The van der Waals surface area contributed by atoms with Gasteiger partial charge in [0.2, 0.25) is 10.0 Å². The summed E-state index contributed by atoms with van der Waals surface area (Å²) in [6.45, 7) is -0.365. The highest BCUT2D eigenvalue weighted by Gasteiger charge is 2.16. The summed E-state index contributed by atoms with van der Waals surface area (Å²) in [6.07, 6.45) is 3.87. The Kier molecular flexibility index (Phi) is 5.80. The fourth-order valence-corrected chi connectivity index (χ4v) is 3.89. The Balaban J connectivity index is 1.63. The molecule has 2 N–H and O–H groups in total. The minimum absolute atomic E-state index is 0.122. The Hall–Kier alpha value is -2.51. The lowest BCUT2D eigenvalue weighted by Gasteiger charge is -2.09. The standard InChI is InChI=1S/C19H21N3O3S/c23-19(14-20-26(24,25)16-10-2-1-3-11-16)22-21-18-13-7-5-9-15-8-4-6-12-17(15)18/h1-4,6,8,10-12,20H,5,7,9,13-14H2,(H,22,23)/b21-18-. The largest absolute Gasteiger partial charge is 0.272 e. The molecule has 6 nitrogen and oxygen atoms in total. The topological polar surface area (TPSA) is 87.6 Å². The molecule has 1 aliphatic rings. The van der Waals surface area contributed by atoms with Crippen LogP contribution in [0.2, 0.25) is 0 Å². The van der Waals surface area contributed by atoms with Gasteiger partial charge < -0.3 is 0 Å². The van der Waals surface area contributed by atoms with Gasteiger partial charge in [-0.15, -0.1) is 0 Å². The number of hydrazone groups is 1. The highest BCUT2D eigenvalue weighted by molar-refractivity contribution is 7.89. The van der Waals surface area contributed by atoms with Crippen molar-refractivity contribution in [2.24, 2.45) is 5.10 Å². The lowest BCUT2D eigenvalue weighted by atomic mass is 10.0. The van der Waals surface area contributed by atoms with Crippen molar-refractivity contribution in [2.45, 2.75) is 30.6 Å². The van der Waals surface area contributed by atoms with Crippen LogP contribution in [0.15, 0.2) is 64.6 Å². The van der Waals surface area contributed by atoms with Crippen LogP contribution in [0, 0.1) is 0 Å². The molecule has 0 spiro atoms. The van der Waals surface area contributed by atoms with Gasteiger partial charge in [-0.2, -0.15) is 5.10 Å². The van der Waals surface area contributed by atoms with Gasteiger partial charge >= 0.3 is 0 Å². The Labute approximate surface area is 153 Å². The Bertz CT molecular complexity index is 909. The van der Waals surface area contributed by atoms with Gasteiger partial charge in [-0.1, -0.05) is 42.5 Å². The van der Waals surface area contributed by atoms with Crippen LogP contribution in [0.5, 0.6) is 0 Å². The van der Waals surface area contributed by atoms with Crippen LogP contribution < -0.4 is 10.1 Å². The SMILES string of the molecule is O=C(CNS(=O)(=O)c1ccccc1)N/N=C1/CCCCc2ccccc21. The number of carbonyl (C=O) groups is 1. The average Bonchev–Trinajstić information content (AvgIpc) is 2.88. The Morgan fingerprint density at radius 2 is 1.65 bits per heavy atom. The second kappa shape index (κ2) is 8.25. The first-order valence-electron chi connectivity index (χ1n) is 8.55. The molecule has 1 aliphatic carbocycles.